The molecule has 3 unspecified atom stereocenters. The van der Waals surface area contributed by atoms with Crippen molar-refractivity contribution in [1.29, 1.82) is 0 Å². The van der Waals surface area contributed by atoms with Gasteiger partial charge < -0.3 is 38.5 Å². The van der Waals surface area contributed by atoms with Crippen molar-refractivity contribution in [2.75, 3.05) is 13.7 Å². The van der Waals surface area contributed by atoms with E-state index in [1.165, 1.54) is 0 Å². The maximum Gasteiger partial charge on any atom is 0.381 e. The third-order valence-corrected chi connectivity index (χ3v) is 7.27. The first kappa shape index (κ1) is 36.0. The summed E-state index contributed by atoms with van der Waals surface area (Å²) in [7, 11) is 0.989. The molecule has 2 rings (SSSR count). The molecule has 0 bridgehead atoms. The molecule has 0 aromatic heterocycles. The zero-order chi connectivity index (χ0) is 33.2. The highest BCUT2D eigenvalue weighted by Crippen LogP contribution is 2.45. The largest absolute Gasteiger partial charge is 0.464 e. The SMILES string of the molecule is COC(=O)[C@@]1(OC(C)=O)OC([C@H](OC(C)=O)[C@@H](COC(C)=O)OC(C)=O)[C@H](NC(C)=O)C(OC(C)=O)C1Sc1ccccc1. The van der Waals surface area contributed by atoms with E-state index in [0.29, 0.717) is 4.90 Å². The molecule has 16 heteroatoms. The van der Waals surface area contributed by atoms with Crippen molar-refractivity contribution in [3.05, 3.63) is 30.3 Å². The summed E-state index contributed by atoms with van der Waals surface area (Å²) in [5.41, 5.74) is 0. The zero-order valence-electron chi connectivity index (χ0n) is 25.2. The lowest BCUT2D eigenvalue weighted by Gasteiger charge is -2.51. The first-order valence-corrected chi connectivity index (χ1v) is 14.1. The Hall–Kier alpha value is -4.18. The summed E-state index contributed by atoms with van der Waals surface area (Å²) in [5, 5.41) is 1.14. The topological polar surface area (TPSA) is 196 Å². The average molecular weight is 642 g/mol. The van der Waals surface area contributed by atoms with Crippen molar-refractivity contribution in [2.24, 2.45) is 0 Å². The van der Waals surface area contributed by atoms with Gasteiger partial charge in [0.2, 0.25) is 5.91 Å². The normalized spacial score (nSPS) is 24.0. The van der Waals surface area contributed by atoms with Crippen molar-refractivity contribution in [2.45, 2.75) is 87.9 Å². The average Bonchev–Trinajstić information content (AvgIpc) is 2.91. The molecule has 1 amide bonds. The summed E-state index contributed by atoms with van der Waals surface area (Å²) in [6, 6.07) is 6.95. The second kappa shape index (κ2) is 16.0. The van der Waals surface area contributed by atoms with Crippen LogP contribution in [-0.4, -0.2) is 96.9 Å². The highest BCUT2D eigenvalue weighted by molar-refractivity contribution is 8.00. The number of hydrogen-bond acceptors (Lipinski definition) is 15. The number of carbonyl (C=O) groups is 7. The monoisotopic (exact) mass is 641 g/mol. The van der Waals surface area contributed by atoms with Gasteiger partial charge in [0.25, 0.3) is 0 Å². The molecular weight excluding hydrogens is 606 g/mol. The zero-order valence-corrected chi connectivity index (χ0v) is 26.0. The molecule has 7 atom stereocenters. The van der Waals surface area contributed by atoms with E-state index in [1.54, 1.807) is 30.3 Å². The summed E-state index contributed by atoms with van der Waals surface area (Å²) in [4.78, 5) is 87.8. The fourth-order valence-electron chi connectivity index (χ4n) is 4.52. The molecule has 44 heavy (non-hydrogen) atoms. The molecule has 242 valence electrons. The Kier molecular flexibility index (Phi) is 13.1. The van der Waals surface area contributed by atoms with Crippen molar-refractivity contribution in [3.8, 4) is 0 Å². The third-order valence-electron chi connectivity index (χ3n) is 5.90. The minimum absolute atomic E-state index is 0.503. The Bertz CT molecular complexity index is 1240. The van der Waals surface area contributed by atoms with Crippen LogP contribution in [0.2, 0.25) is 0 Å². The van der Waals surface area contributed by atoms with E-state index in [4.69, 9.17) is 33.2 Å². The number of rotatable bonds is 12. The van der Waals surface area contributed by atoms with Crippen LogP contribution in [0, 0.1) is 0 Å². The van der Waals surface area contributed by atoms with E-state index >= 15 is 0 Å². The predicted molar refractivity (Wildman–Crippen MR) is 148 cm³/mol. The lowest BCUT2D eigenvalue weighted by atomic mass is 9.87. The van der Waals surface area contributed by atoms with Crippen LogP contribution in [0.5, 0.6) is 0 Å². The fourth-order valence-corrected chi connectivity index (χ4v) is 5.84. The van der Waals surface area contributed by atoms with Crippen LogP contribution in [-0.2, 0) is 66.7 Å². The third kappa shape index (κ3) is 9.67. The van der Waals surface area contributed by atoms with Crippen molar-refractivity contribution >= 4 is 53.5 Å². The van der Waals surface area contributed by atoms with Crippen LogP contribution >= 0.6 is 11.8 Å². The van der Waals surface area contributed by atoms with E-state index in [-0.39, 0.29) is 0 Å². The number of methoxy groups -OCH3 is 1. The lowest BCUT2D eigenvalue weighted by Crippen LogP contribution is -2.74. The second-order valence-electron chi connectivity index (χ2n) is 9.51. The highest BCUT2D eigenvalue weighted by atomic mass is 32.2. The second-order valence-corrected chi connectivity index (χ2v) is 10.7. The highest BCUT2D eigenvalue weighted by Gasteiger charge is 2.66. The Morgan fingerprint density at radius 1 is 0.864 bits per heavy atom. The molecule has 1 aromatic rings. The smallest absolute Gasteiger partial charge is 0.381 e. The minimum atomic E-state index is -2.71. The van der Waals surface area contributed by atoms with E-state index in [1.807, 2.05) is 0 Å². The van der Waals surface area contributed by atoms with Crippen LogP contribution in [0.25, 0.3) is 0 Å². The first-order chi connectivity index (χ1) is 20.6. The molecule has 1 aromatic carbocycles. The number of nitrogens with one attached hydrogen (secondary N) is 1. The molecular formula is C28H35NO14S. The van der Waals surface area contributed by atoms with Gasteiger partial charge in [-0.05, 0) is 12.1 Å². The molecule has 0 spiro atoms. The molecule has 1 aliphatic rings. The Labute approximate surface area is 257 Å². The molecule has 0 radical (unpaired) electrons. The summed E-state index contributed by atoms with van der Waals surface area (Å²) in [5.74, 6) is -9.14. The van der Waals surface area contributed by atoms with Gasteiger partial charge in [0.15, 0.2) is 12.2 Å². The van der Waals surface area contributed by atoms with Gasteiger partial charge in [-0.2, -0.15) is 0 Å². The van der Waals surface area contributed by atoms with Crippen LogP contribution in [0.1, 0.15) is 41.5 Å². The standard InChI is InChI=1S/C28H35NO14S/c1-14(30)29-22-24(23(40-17(4)33)21(39-16(3)32)13-38-15(2)31)43-28(27(36)37-7,42-19(6)35)26(25(22)41-18(5)34)44-20-11-9-8-10-12-20/h8-12,21-26H,13H2,1-7H3,(H,29,30)/t21-,22+,23-,24?,25?,26?,28+/m1/s1. The van der Waals surface area contributed by atoms with Gasteiger partial charge in [-0.1, -0.05) is 18.2 Å². The van der Waals surface area contributed by atoms with Crippen LogP contribution in [0.15, 0.2) is 35.2 Å². The van der Waals surface area contributed by atoms with Gasteiger partial charge in [-0.3, -0.25) is 28.8 Å². The number of carbonyl (C=O) groups excluding carboxylic acids is 7. The molecule has 1 heterocycles. The number of amides is 1. The fraction of sp³-hybridized carbons (Fsp3) is 0.536. The van der Waals surface area contributed by atoms with Crippen molar-refractivity contribution < 1.29 is 66.7 Å². The maximum absolute atomic E-state index is 13.6. The van der Waals surface area contributed by atoms with Crippen LogP contribution in [0.3, 0.4) is 0 Å². The molecule has 0 aliphatic carbocycles. The lowest BCUT2D eigenvalue weighted by molar-refractivity contribution is -0.300. The summed E-state index contributed by atoms with van der Waals surface area (Å²) < 4.78 is 38.3. The summed E-state index contributed by atoms with van der Waals surface area (Å²) in [6.45, 7) is 5.64. The number of ether oxygens (including phenoxy) is 7. The first-order valence-electron chi connectivity index (χ1n) is 13.2. The van der Waals surface area contributed by atoms with E-state index in [2.05, 4.69) is 5.32 Å². The number of thioether (sulfide) groups is 1. The predicted octanol–water partition coefficient (Wildman–Crippen LogP) is 0.841. The quantitative estimate of drug-likeness (QED) is 0.249. The molecule has 1 fully saturated rings. The number of esters is 6. The Morgan fingerprint density at radius 2 is 1.48 bits per heavy atom. The van der Waals surface area contributed by atoms with Crippen LogP contribution < -0.4 is 5.32 Å². The van der Waals surface area contributed by atoms with Gasteiger partial charge in [0.05, 0.1) is 13.2 Å². The van der Waals surface area contributed by atoms with Crippen molar-refractivity contribution in [1.82, 2.24) is 5.32 Å². The molecule has 15 nitrogen and oxygen atoms in total. The molecule has 1 N–H and O–H groups in total. The Balaban J connectivity index is 2.94. The number of benzene rings is 1. The maximum atomic E-state index is 13.6. The van der Waals surface area contributed by atoms with Gasteiger partial charge >= 0.3 is 41.6 Å². The van der Waals surface area contributed by atoms with Crippen LogP contribution in [0.4, 0.5) is 0 Å². The van der Waals surface area contributed by atoms with Gasteiger partial charge in [-0.15, -0.1) is 11.8 Å². The Morgan fingerprint density at radius 3 is 1.95 bits per heavy atom. The van der Waals surface area contributed by atoms with E-state index < -0.39 is 89.8 Å². The van der Waals surface area contributed by atoms with Crippen molar-refractivity contribution in [3.63, 3.8) is 0 Å². The summed E-state index contributed by atoms with van der Waals surface area (Å²) in [6.07, 6.45) is -6.67. The van der Waals surface area contributed by atoms with Gasteiger partial charge in [0.1, 0.15) is 24.1 Å². The number of hydrogen-bond donors (Lipinski definition) is 1. The minimum Gasteiger partial charge on any atom is -0.464 e. The summed E-state index contributed by atoms with van der Waals surface area (Å²) >= 11 is 0.905. The molecule has 1 aliphatic heterocycles. The molecule has 0 saturated carbocycles. The van der Waals surface area contributed by atoms with Gasteiger partial charge in [0, 0.05) is 46.4 Å². The van der Waals surface area contributed by atoms with Gasteiger partial charge in [-0.25, -0.2) is 4.79 Å². The van der Waals surface area contributed by atoms with E-state index in [9.17, 15) is 33.6 Å². The molecule has 1 saturated heterocycles. The van der Waals surface area contributed by atoms with E-state index in [0.717, 1.165) is 60.4 Å².